The van der Waals surface area contributed by atoms with Gasteiger partial charge in [0.05, 0.1) is 17.3 Å². The van der Waals surface area contributed by atoms with E-state index < -0.39 is 0 Å². The van der Waals surface area contributed by atoms with E-state index in [4.69, 9.17) is 22.6 Å². The van der Waals surface area contributed by atoms with Gasteiger partial charge in [0.2, 0.25) is 0 Å². The Bertz CT molecular complexity index is 657. The number of rotatable bonds is 1. The number of nitrogens with two attached hydrogens (primary N) is 1. The lowest BCUT2D eigenvalue weighted by atomic mass is 9.97. The second-order valence-electron chi connectivity index (χ2n) is 4.30. The summed E-state index contributed by atoms with van der Waals surface area (Å²) in [6, 6.07) is 7.57. The van der Waals surface area contributed by atoms with Gasteiger partial charge >= 0.3 is 0 Å². The minimum atomic E-state index is 0.273. The summed E-state index contributed by atoms with van der Waals surface area (Å²) in [6.07, 6.45) is 1.96. The second-order valence-corrected chi connectivity index (χ2v) is 5.77. The molecule has 0 spiro atoms. The third-order valence-corrected chi connectivity index (χ3v) is 4.60. The highest BCUT2D eigenvalue weighted by atomic mass is 35.5. The van der Waals surface area contributed by atoms with Gasteiger partial charge in [0, 0.05) is 15.8 Å². The van der Waals surface area contributed by atoms with Gasteiger partial charge in [-0.25, -0.2) is 4.98 Å². The second kappa shape index (κ2) is 4.27. The molecular formula is C13H10ClN3S. The summed E-state index contributed by atoms with van der Waals surface area (Å²) in [4.78, 5) is 5.55. The van der Waals surface area contributed by atoms with Crippen molar-refractivity contribution in [3.63, 3.8) is 0 Å². The number of anilines is 1. The van der Waals surface area contributed by atoms with Crippen molar-refractivity contribution in [3.05, 3.63) is 44.9 Å². The zero-order valence-corrected chi connectivity index (χ0v) is 11.1. The van der Waals surface area contributed by atoms with Crippen molar-refractivity contribution in [3.8, 4) is 6.07 Å². The molecule has 0 amide bonds. The molecule has 0 bridgehead atoms. The Labute approximate surface area is 114 Å². The number of benzene rings is 1. The first-order valence-electron chi connectivity index (χ1n) is 5.63. The normalized spacial score (nSPS) is 17.4. The smallest absolute Gasteiger partial charge is 0.180 e. The van der Waals surface area contributed by atoms with Gasteiger partial charge in [-0.05, 0) is 30.5 Å². The van der Waals surface area contributed by atoms with Crippen molar-refractivity contribution in [1.82, 2.24) is 4.98 Å². The maximum atomic E-state index is 8.85. The van der Waals surface area contributed by atoms with Gasteiger partial charge in [-0.1, -0.05) is 17.7 Å². The highest BCUT2D eigenvalue weighted by Crippen LogP contribution is 2.44. The molecule has 0 radical (unpaired) electrons. The van der Waals surface area contributed by atoms with Gasteiger partial charge in [0.25, 0.3) is 0 Å². The summed E-state index contributed by atoms with van der Waals surface area (Å²) < 4.78 is 0. The number of nitrogens with zero attached hydrogens (tertiary/aromatic N) is 2. The van der Waals surface area contributed by atoms with Crippen molar-refractivity contribution < 1.29 is 0 Å². The number of halogens is 1. The van der Waals surface area contributed by atoms with E-state index in [-0.39, 0.29) is 5.92 Å². The summed E-state index contributed by atoms with van der Waals surface area (Å²) in [5, 5.41) is 10.1. The first kappa shape index (κ1) is 11.5. The fraction of sp³-hybridized carbons (Fsp3) is 0.231. The van der Waals surface area contributed by atoms with Crippen LogP contribution >= 0.6 is 22.9 Å². The van der Waals surface area contributed by atoms with Crippen LogP contribution < -0.4 is 5.73 Å². The van der Waals surface area contributed by atoms with Gasteiger partial charge in [-0.15, -0.1) is 11.3 Å². The molecule has 0 saturated heterocycles. The van der Waals surface area contributed by atoms with E-state index in [0.717, 1.165) is 24.1 Å². The quantitative estimate of drug-likeness (QED) is 0.868. The topological polar surface area (TPSA) is 62.7 Å². The molecule has 1 heterocycles. The Balaban J connectivity index is 2.05. The van der Waals surface area contributed by atoms with Crippen LogP contribution in [0.5, 0.6) is 0 Å². The lowest BCUT2D eigenvalue weighted by molar-refractivity contribution is 0.791. The molecular weight excluding hydrogens is 266 g/mol. The number of aryl methyl sites for hydroxylation is 1. The molecule has 1 aliphatic carbocycles. The number of aromatic nitrogens is 1. The molecule has 5 heteroatoms. The third-order valence-electron chi connectivity index (χ3n) is 3.24. The average Bonchev–Trinajstić information content (AvgIpc) is 2.88. The van der Waals surface area contributed by atoms with E-state index >= 15 is 0 Å². The number of hydrogen-bond donors (Lipinski definition) is 1. The Morgan fingerprint density at radius 2 is 2.33 bits per heavy atom. The minimum Gasteiger partial charge on any atom is -0.375 e. The van der Waals surface area contributed by atoms with E-state index in [9.17, 15) is 0 Å². The van der Waals surface area contributed by atoms with Gasteiger partial charge in [-0.2, -0.15) is 5.26 Å². The molecule has 1 aromatic heterocycles. The Morgan fingerprint density at radius 1 is 1.50 bits per heavy atom. The zero-order valence-electron chi connectivity index (χ0n) is 9.48. The molecule has 0 fully saturated rings. The van der Waals surface area contributed by atoms with E-state index in [1.807, 2.05) is 12.1 Å². The number of hydrogen-bond acceptors (Lipinski definition) is 4. The van der Waals surface area contributed by atoms with Gasteiger partial charge in [0.15, 0.2) is 5.13 Å². The fourth-order valence-electron chi connectivity index (χ4n) is 2.42. The van der Waals surface area contributed by atoms with Gasteiger partial charge in [0.1, 0.15) is 0 Å². The first-order valence-corrected chi connectivity index (χ1v) is 6.83. The maximum Gasteiger partial charge on any atom is 0.180 e. The molecule has 2 N–H and O–H groups in total. The molecule has 1 aliphatic rings. The van der Waals surface area contributed by atoms with Crippen LogP contribution in [0.4, 0.5) is 5.13 Å². The molecule has 1 atom stereocenters. The van der Waals surface area contributed by atoms with Crippen LogP contribution in [-0.4, -0.2) is 4.98 Å². The largest absolute Gasteiger partial charge is 0.375 e. The van der Waals surface area contributed by atoms with Crippen LogP contribution in [0.3, 0.4) is 0 Å². The van der Waals surface area contributed by atoms with Gasteiger partial charge < -0.3 is 5.73 Å². The molecule has 2 aromatic rings. The summed E-state index contributed by atoms with van der Waals surface area (Å²) in [5.41, 5.74) is 8.50. The van der Waals surface area contributed by atoms with Crippen LogP contribution in [-0.2, 0) is 6.42 Å². The fourth-order valence-corrected chi connectivity index (χ4v) is 3.77. The Kier molecular flexibility index (Phi) is 2.73. The molecule has 3 rings (SSSR count). The number of nitrogen functional groups attached to an aromatic ring is 1. The van der Waals surface area contributed by atoms with Crippen LogP contribution in [0.15, 0.2) is 18.2 Å². The molecule has 1 unspecified atom stereocenters. The van der Waals surface area contributed by atoms with Crippen molar-refractivity contribution in [1.29, 1.82) is 5.26 Å². The summed E-state index contributed by atoms with van der Waals surface area (Å²) in [5.74, 6) is 0.273. The lowest BCUT2D eigenvalue weighted by Gasteiger charge is -2.12. The Hall–Kier alpha value is -1.57. The molecule has 1 aromatic carbocycles. The van der Waals surface area contributed by atoms with Crippen molar-refractivity contribution >= 4 is 28.1 Å². The molecule has 0 aliphatic heterocycles. The Morgan fingerprint density at radius 3 is 3.06 bits per heavy atom. The zero-order chi connectivity index (χ0) is 12.7. The van der Waals surface area contributed by atoms with Gasteiger partial charge in [-0.3, -0.25) is 0 Å². The van der Waals surface area contributed by atoms with Crippen LogP contribution in [0.1, 0.15) is 34.0 Å². The summed E-state index contributed by atoms with van der Waals surface area (Å²) >= 11 is 7.80. The summed E-state index contributed by atoms with van der Waals surface area (Å²) in [6.45, 7) is 0. The van der Waals surface area contributed by atoms with Crippen molar-refractivity contribution in [2.75, 3.05) is 5.73 Å². The van der Waals surface area contributed by atoms with Crippen molar-refractivity contribution in [2.45, 2.75) is 18.8 Å². The lowest BCUT2D eigenvalue weighted by Crippen LogP contribution is -1.96. The van der Waals surface area contributed by atoms with Crippen molar-refractivity contribution in [2.24, 2.45) is 0 Å². The predicted molar refractivity (Wildman–Crippen MR) is 72.9 cm³/mol. The number of nitriles is 1. The molecule has 0 saturated carbocycles. The minimum absolute atomic E-state index is 0.273. The van der Waals surface area contributed by atoms with E-state index in [1.54, 1.807) is 17.4 Å². The molecule has 18 heavy (non-hydrogen) atoms. The van der Waals surface area contributed by atoms with Crippen LogP contribution in [0.2, 0.25) is 5.02 Å². The number of thiazole rings is 1. The SMILES string of the molecule is N#Cc1ccc(C2CCc3nc(N)sc32)c(Cl)c1. The highest BCUT2D eigenvalue weighted by molar-refractivity contribution is 7.15. The van der Waals surface area contributed by atoms with E-state index in [1.165, 1.54) is 4.88 Å². The standard InChI is InChI=1S/C13H10ClN3S/c14-10-5-7(6-15)1-2-8(10)9-3-4-11-12(9)18-13(16)17-11/h1-2,5,9H,3-4H2,(H2,16,17). The maximum absolute atomic E-state index is 8.85. The average molecular weight is 276 g/mol. The van der Waals surface area contributed by atoms with Crippen LogP contribution in [0, 0.1) is 11.3 Å². The van der Waals surface area contributed by atoms with Crippen LogP contribution in [0.25, 0.3) is 0 Å². The monoisotopic (exact) mass is 275 g/mol. The third kappa shape index (κ3) is 1.76. The molecule has 90 valence electrons. The van der Waals surface area contributed by atoms with E-state index in [2.05, 4.69) is 11.1 Å². The summed E-state index contributed by atoms with van der Waals surface area (Å²) in [7, 11) is 0. The first-order chi connectivity index (χ1) is 8.69. The highest BCUT2D eigenvalue weighted by Gasteiger charge is 2.29. The van der Waals surface area contributed by atoms with E-state index in [0.29, 0.717) is 15.7 Å². The molecule has 3 nitrogen and oxygen atoms in total. The number of fused-ring (bicyclic) bond motifs is 1. The predicted octanol–water partition coefficient (Wildman–Crippen LogP) is 3.33.